The summed E-state index contributed by atoms with van der Waals surface area (Å²) in [7, 11) is 0. The van der Waals surface area contributed by atoms with Crippen molar-refractivity contribution in [1.29, 1.82) is 0 Å². The molecule has 0 aromatic rings. The SMILES string of the molecule is CCC1CC(C)(CC)C1(C)C. The molecule has 0 aliphatic heterocycles. The van der Waals surface area contributed by atoms with Crippen LogP contribution in [0.3, 0.4) is 0 Å². The quantitative estimate of drug-likeness (QED) is 0.566. The van der Waals surface area contributed by atoms with E-state index in [0.717, 1.165) is 5.92 Å². The van der Waals surface area contributed by atoms with Crippen LogP contribution in [0.4, 0.5) is 0 Å². The van der Waals surface area contributed by atoms with Gasteiger partial charge < -0.3 is 0 Å². The molecule has 0 bridgehead atoms. The van der Waals surface area contributed by atoms with E-state index in [4.69, 9.17) is 0 Å². The van der Waals surface area contributed by atoms with E-state index in [0.29, 0.717) is 10.8 Å². The first kappa shape index (κ1) is 9.09. The average molecular weight is 154 g/mol. The number of rotatable bonds is 2. The van der Waals surface area contributed by atoms with E-state index in [2.05, 4.69) is 34.6 Å². The van der Waals surface area contributed by atoms with Crippen molar-refractivity contribution in [2.45, 2.75) is 53.9 Å². The smallest absolute Gasteiger partial charge is 0.0272 e. The molecule has 0 nitrogen and oxygen atoms in total. The molecule has 1 fully saturated rings. The monoisotopic (exact) mass is 154 g/mol. The summed E-state index contributed by atoms with van der Waals surface area (Å²) < 4.78 is 0. The summed E-state index contributed by atoms with van der Waals surface area (Å²) in [4.78, 5) is 0. The first-order chi connectivity index (χ1) is 4.98. The third-order valence-corrected chi connectivity index (χ3v) is 4.55. The fourth-order valence-corrected chi connectivity index (χ4v) is 2.68. The normalized spacial score (nSPS) is 41.7. The van der Waals surface area contributed by atoms with Gasteiger partial charge in [0.1, 0.15) is 0 Å². The second-order valence-corrected chi connectivity index (χ2v) is 4.95. The molecule has 0 N–H and O–H groups in total. The summed E-state index contributed by atoms with van der Waals surface area (Å²) in [5, 5.41) is 0. The van der Waals surface area contributed by atoms with Gasteiger partial charge in [0.05, 0.1) is 0 Å². The molecule has 1 saturated carbocycles. The zero-order valence-corrected chi connectivity index (χ0v) is 8.70. The molecule has 2 unspecified atom stereocenters. The van der Waals surface area contributed by atoms with Gasteiger partial charge in [0.2, 0.25) is 0 Å². The highest BCUT2D eigenvalue weighted by Gasteiger charge is 2.54. The summed E-state index contributed by atoms with van der Waals surface area (Å²) in [6, 6.07) is 0. The van der Waals surface area contributed by atoms with Gasteiger partial charge in [-0.3, -0.25) is 0 Å². The zero-order chi connectivity index (χ0) is 8.70. The lowest BCUT2D eigenvalue weighted by atomic mass is 9.44. The molecule has 1 aliphatic rings. The Balaban J connectivity index is 2.67. The minimum absolute atomic E-state index is 0.594. The van der Waals surface area contributed by atoms with Crippen LogP contribution in [0.1, 0.15) is 53.9 Å². The van der Waals surface area contributed by atoms with E-state index in [9.17, 15) is 0 Å². The predicted octanol–water partition coefficient (Wildman–Crippen LogP) is 3.86. The van der Waals surface area contributed by atoms with Crippen molar-refractivity contribution in [2.75, 3.05) is 0 Å². The van der Waals surface area contributed by atoms with Crippen LogP contribution >= 0.6 is 0 Å². The summed E-state index contributed by atoms with van der Waals surface area (Å²) in [5.41, 5.74) is 1.23. The van der Waals surface area contributed by atoms with Crippen molar-refractivity contribution < 1.29 is 0 Å². The largest absolute Gasteiger partial charge is 0.0651 e. The van der Waals surface area contributed by atoms with E-state index in [1.165, 1.54) is 19.3 Å². The maximum Gasteiger partial charge on any atom is -0.0272 e. The molecule has 0 aromatic carbocycles. The Kier molecular flexibility index (Phi) is 2.07. The van der Waals surface area contributed by atoms with Crippen LogP contribution in [0, 0.1) is 16.7 Å². The molecule has 0 saturated heterocycles. The maximum atomic E-state index is 2.44. The average Bonchev–Trinajstić information content (AvgIpc) is 1.99. The van der Waals surface area contributed by atoms with Crippen molar-refractivity contribution in [3.05, 3.63) is 0 Å². The molecule has 1 aliphatic carbocycles. The maximum absolute atomic E-state index is 2.44. The summed E-state index contributed by atoms with van der Waals surface area (Å²) in [5.74, 6) is 0.979. The highest BCUT2D eigenvalue weighted by Crippen LogP contribution is 2.62. The van der Waals surface area contributed by atoms with E-state index >= 15 is 0 Å². The lowest BCUT2D eigenvalue weighted by molar-refractivity contribution is -0.111. The molecule has 0 amide bonds. The number of hydrogen-bond acceptors (Lipinski definition) is 0. The Morgan fingerprint density at radius 2 is 1.73 bits per heavy atom. The van der Waals surface area contributed by atoms with Crippen molar-refractivity contribution in [3.63, 3.8) is 0 Å². The van der Waals surface area contributed by atoms with Crippen LogP contribution in [0.2, 0.25) is 0 Å². The fraction of sp³-hybridized carbons (Fsp3) is 1.00. The van der Waals surface area contributed by atoms with E-state index in [1.807, 2.05) is 0 Å². The van der Waals surface area contributed by atoms with Crippen molar-refractivity contribution in [3.8, 4) is 0 Å². The van der Waals surface area contributed by atoms with Crippen LogP contribution in [0.5, 0.6) is 0 Å². The van der Waals surface area contributed by atoms with Gasteiger partial charge in [-0.05, 0) is 23.2 Å². The Morgan fingerprint density at radius 3 is 2.00 bits per heavy atom. The second kappa shape index (κ2) is 2.50. The summed E-state index contributed by atoms with van der Waals surface area (Å²) in [6.45, 7) is 12.0. The Labute approximate surface area is 71.4 Å². The van der Waals surface area contributed by atoms with Gasteiger partial charge in [-0.1, -0.05) is 47.5 Å². The molecule has 0 spiro atoms. The Morgan fingerprint density at radius 1 is 1.18 bits per heavy atom. The van der Waals surface area contributed by atoms with Crippen LogP contribution < -0.4 is 0 Å². The summed E-state index contributed by atoms with van der Waals surface area (Å²) >= 11 is 0. The molecule has 11 heavy (non-hydrogen) atoms. The second-order valence-electron chi connectivity index (χ2n) is 4.95. The minimum Gasteiger partial charge on any atom is -0.0651 e. The standard InChI is InChI=1S/C11H22/c1-6-9-8-11(5,7-2)10(9,3)4/h9H,6-8H2,1-5H3. The highest BCUT2D eigenvalue weighted by molar-refractivity contribution is 5.03. The first-order valence-electron chi connectivity index (χ1n) is 4.98. The molecule has 0 heteroatoms. The molecular weight excluding hydrogens is 132 g/mol. The third kappa shape index (κ3) is 1.02. The Hall–Kier alpha value is 0. The zero-order valence-electron chi connectivity index (χ0n) is 8.70. The van der Waals surface area contributed by atoms with Crippen LogP contribution in [-0.2, 0) is 0 Å². The minimum atomic E-state index is 0.594. The summed E-state index contributed by atoms with van der Waals surface area (Å²) in [6.07, 6.45) is 4.16. The van der Waals surface area contributed by atoms with Gasteiger partial charge in [-0.25, -0.2) is 0 Å². The third-order valence-electron chi connectivity index (χ3n) is 4.55. The van der Waals surface area contributed by atoms with Crippen molar-refractivity contribution in [2.24, 2.45) is 16.7 Å². The van der Waals surface area contributed by atoms with Crippen molar-refractivity contribution in [1.82, 2.24) is 0 Å². The van der Waals surface area contributed by atoms with E-state index < -0.39 is 0 Å². The molecule has 0 aromatic heterocycles. The number of hydrogen-bond donors (Lipinski definition) is 0. The van der Waals surface area contributed by atoms with Gasteiger partial charge in [0, 0.05) is 0 Å². The fourth-order valence-electron chi connectivity index (χ4n) is 2.68. The highest BCUT2D eigenvalue weighted by atomic mass is 14.6. The van der Waals surface area contributed by atoms with E-state index in [-0.39, 0.29) is 0 Å². The lowest BCUT2D eigenvalue weighted by Crippen LogP contribution is -2.52. The van der Waals surface area contributed by atoms with Gasteiger partial charge in [-0.15, -0.1) is 0 Å². The molecule has 0 heterocycles. The topological polar surface area (TPSA) is 0 Å². The van der Waals surface area contributed by atoms with E-state index in [1.54, 1.807) is 0 Å². The Bertz CT molecular complexity index is 146. The van der Waals surface area contributed by atoms with Gasteiger partial charge in [0.15, 0.2) is 0 Å². The molecule has 0 radical (unpaired) electrons. The molecule has 2 atom stereocenters. The van der Waals surface area contributed by atoms with Crippen molar-refractivity contribution >= 4 is 0 Å². The first-order valence-corrected chi connectivity index (χ1v) is 4.98. The van der Waals surface area contributed by atoms with Crippen LogP contribution in [0.25, 0.3) is 0 Å². The van der Waals surface area contributed by atoms with Crippen LogP contribution in [0.15, 0.2) is 0 Å². The van der Waals surface area contributed by atoms with Gasteiger partial charge in [-0.2, -0.15) is 0 Å². The lowest BCUT2D eigenvalue weighted by Gasteiger charge is -2.60. The van der Waals surface area contributed by atoms with Gasteiger partial charge >= 0.3 is 0 Å². The van der Waals surface area contributed by atoms with Gasteiger partial charge in [0.25, 0.3) is 0 Å². The molecule has 66 valence electrons. The van der Waals surface area contributed by atoms with Crippen LogP contribution in [-0.4, -0.2) is 0 Å². The predicted molar refractivity (Wildman–Crippen MR) is 50.6 cm³/mol. The molecular formula is C11H22. The molecule has 1 rings (SSSR count).